The standard InChI is InChI=1S/C17H21N5O2/c23-16(7-4-10-22-13-18-12-20-22)21-9-3-5-14(11-21)17(24)15-6-1-2-8-19-15/h1-2,6,8,12-14H,3-5,7,9-11H2/t14-/m0/s1. The number of nitrogens with zero attached hydrogens (tertiary/aromatic N) is 5. The second kappa shape index (κ2) is 7.81. The van der Waals surface area contributed by atoms with Gasteiger partial charge in [0, 0.05) is 38.2 Å². The topological polar surface area (TPSA) is 81.0 Å². The number of hydrogen-bond acceptors (Lipinski definition) is 5. The summed E-state index contributed by atoms with van der Waals surface area (Å²) in [6.07, 6.45) is 7.62. The van der Waals surface area contributed by atoms with Crippen LogP contribution in [-0.4, -0.2) is 49.4 Å². The zero-order valence-electron chi connectivity index (χ0n) is 13.5. The lowest BCUT2D eigenvalue weighted by Gasteiger charge is -2.32. The van der Waals surface area contributed by atoms with Gasteiger partial charge < -0.3 is 4.90 Å². The van der Waals surface area contributed by atoms with Crippen LogP contribution in [0.2, 0.25) is 0 Å². The van der Waals surface area contributed by atoms with Gasteiger partial charge in [-0.05, 0) is 31.4 Å². The van der Waals surface area contributed by atoms with Gasteiger partial charge in [-0.1, -0.05) is 6.07 Å². The molecule has 3 rings (SSSR count). The molecule has 1 atom stereocenters. The fourth-order valence-electron chi connectivity index (χ4n) is 3.03. The van der Waals surface area contributed by atoms with Crippen LogP contribution in [0, 0.1) is 5.92 Å². The van der Waals surface area contributed by atoms with E-state index in [1.807, 2.05) is 11.0 Å². The van der Waals surface area contributed by atoms with E-state index in [4.69, 9.17) is 0 Å². The van der Waals surface area contributed by atoms with Gasteiger partial charge >= 0.3 is 0 Å². The number of pyridine rings is 1. The fourth-order valence-corrected chi connectivity index (χ4v) is 3.03. The molecule has 0 aliphatic carbocycles. The first-order chi connectivity index (χ1) is 11.7. The number of piperidine rings is 1. The highest BCUT2D eigenvalue weighted by Gasteiger charge is 2.29. The van der Waals surface area contributed by atoms with Crippen LogP contribution in [0.5, 0.6) is 0 Å². The number of aryl methyl sites for hydroxylation is 1. The molecule has 24 heavy (non-hydrogen) atoms. The molecule has 1 aliphatic rings. The summed E-state index contributed by atoms with van der Waals surface area (Å²) in [6.45, 7) is 1.90. The third kappa shape index (κ3) is 4.04. The number of Topliss-reactive ketones (excluding diaryl/α,β-unsaturated/α-hetero) is 1. The normalized spacial score (nSPS) is 17.7. The van der Waals surface area contributed by atoms with Gasteiger partial charge in [-0.2, -0.15) is 5.10 Å². The Kier molecular flexibility index (Phi) is 5.30. The molecule has 0 radical (unpaired) electrons. The molecule has 1 aliphatic heterocycles. The van der Waals surface area contributed by atoms with E-state index in [0.717, 1.165) is 25.8 Å². The largest absolute Gasteiger partial charge is 0.342 e. The summed E-state index contributed by atoms with van der Waals surface area (Å²) >= 11 is 0. The van der Waals surface area contributed by atoms with E-state index in [0.29, 0.717) is 25.2 Å². The average molecular weight is 327 g/mol. The fraction of sp³-hybridized carbons (Fsp3) is 0.471. The van der Waals surface area contributed by atoms with Crippen molar-refractivity contribution >= 4 is 11.7 Å². The Morgan fingerprint density at radius 1 is 1.29 bits per heavy atom. The Morgan fingerprint density at radius 2 is 2.21 bits per heavy atom. The minimum atomic E-state index is -0.145. The number of carbonyl (C=O) groups excluding carboxylic acids is 2. The molecule has 7 heteroatoms. The monoisotopic (exact) mass is 327 g/mol. The summed E-state index contributed by atoms with van der Waals surface area (Å²) in [5, 5.41) is 4.02. The molecule has 1 amide bonds. The van der Waals surface area contributed by atoms with Crippen molar-refractivity contribution in [1.82, 2.24) is 24.6 Å². The van der Waals surface area contributed by atoms with Crippen molar-refractivity contribution in [3.8, 4) is 0 Å². The Morgan fingerprint density at radius 3 is 2.96 bits per heavy atom. The molecule has 0 spiro atoms. The number of aromatic nitrogens is 4. The van der Waals surface area contributed by atoms with Gasteiger partial charge in [0.25, 0.3) is 0 Å². The molecule has 0 bridgehead atoms. The summed E-state index contributed by atoms with van der Waals surface area (Å²) in [4.78, 5) is 34.7. The van der Waals surface area contributed by atoms with E-state index in [1.165, 1.54) is 6.33 Å². The van der Waals surface area contributed by atoms with Crippen LogP contribution in [0.15, 0.2) is 37.1 Å². The number of amides is 1. The Bertz CT molecular complexity index is 672. The van der Waals surface area contributed by atoms with Crippen LogP contribution in [0.3, 0.4) is 0 Å². The molecule has 2 aromatic rings. The summed E-state index contributed by atoms with van der Waals surface area (Å²) in [7, 11) is 0. The molecular weight excluding hydrogens is 306 g/mol. The van der Waals surface area contributed by atoms with Crippen molar-refractivity contribution in [3.63, 3.8) is 0 Å². The Hall–Kier alpha value is -2.57. The molecule has 126 valence electrons. The van der Waals surface area contributed by atoms with Gasteiger partial charge in [0.2, 0.25) is 5.91 Å². The highest BCUT2D eigenvalue weighted by atomic mass is 16.2. The second-order valence-corrected chi connectivity index (χ2v) is 6.02. The van der Waals surface area contributed by atoms with Gasteiger partial charge in [0.05, 0.1) is 0 Å². The Balaban J connectivity index is 1.51. The van der Waals surface area contributed by atoms with Crippen LogP contribution in [0.1, 0.15) is 36.2 Å². The van der Waals surface area contributed by atoms with Crippen LogP contribution >= 0.6 is 0 Å². The van der Waals surface area contributed by atoms with E-state index in [-0.39, 0.29) is 17.6 Å². The summed E-state index contributed by atoms with van der Waals surface area (Å²) in [5.41, 5.74) is 0.489. The molecule has 0 N–H and O–H groups in total. The lowest BCUT2D eigenvalue weighted by atomic mass is 9.91. The van der Waals surface area contributed by atoms with E-state index in [9.17, 15) is 9.59 Å². The molecule has 0 aromatic carbocycles. The first-order valence-electron chi connectivity index (χ1n) is 8.29. The van der Waals surface area contributed by atoms with E-state index in [1.54, 1.807) is 29.3 Å². The molecule has 1 saturated heterocycles. The highest BCUT2D eigenvalue weighted by Crippen LogP contribution is 2.21. The van der Waals surface area contributed by atoms with E-state index in [2.05, 4.69) is 15.1 Å². The SMILES string of the molecule is O=C(c1ccccn1)[C@H]1CCCN(C(=O)CCCn2cncn2)C1. The van der Waals surface area contributed by atoms with Crippen molar-refractivity contribution in [2.24, 2.45) is 5.92 Å². The highest BCUT2D eigenvalue weighted by molar-refractivity contribution is 5.96. The van der Waals surface area contributed by atoms with Crippen molar-refractivity contribution in [3.05, 3.63) is 42.7 Å². The smallest absolute Gasteiger partial charge is 0.222 e. The number of likely N-dealkylation sites (tertiary alicyclic amines) is 1. The molecule has 2 aromatic heterocycles. The lowest BCUT2D eigenvalue weighted by molar-refractivity contribution is -0.132. The third-order valence-corrected chi connectivity index (χ3v) is 4.31. The first kappa shape index (κ1) is 16.3. The summed E-state index contributed by atoms with van der Waals surface area (Å²) in [6, 6.07) is 5.35. The number of carbonyl (C=O) groups is 2. The molecule has 3 heterocycles. The van der Waals surface area contributed by atoms with Crippen LogP contribution in [0.4, 0.5) is 0 Å². The lowest BCUT2D eigenvalue weighted by Crippen LogP contribution is -2.42. The molecule has 0 unspecified atom stereocenters. The minimum Gasteiger partial charge on any atom is -0.342 e. The maximum absolute atomic E-state index is 12.5. The summed E-state index contributed by atoms with van der Waals surface area (Å²) < 4.78 is 1.72. The zero-order chi connectivity index (χ0) is 16.8. The van der Waals surface area contributed by atoms with Crippen LogP contribution in [0.25, 0.3) is 0 Å². The van der Waals surface area contributed by atoms with Gasteiger partial charge in [0.15, 0.2) is 5.78 Å². The summed E-state index contributed by atoms with van der Waals surface area (Å²) in [5.74, 6) is -0.00253. The van der Waals surface area contributed by atoms with Crippen molar-refractivity contribution in [1.29, 1.82) is 0 Å². The van der Waals surface area contributed by atoms with Crippen molar-refractivity contribution < 1.29 is 9.59 Å². The Labute approximate surface area is 140 Å². The zero-order valence-corrected chi connectivity index (χ0v) is 13.5. The predicted octanol–water partition coefficient (Wildman–Crippen LogP) is 1.57. The predicted molar refractivity (Wildman–Crippen MR) is 87.1 cm³/mol. The molecule has 0 saturated carbocycles. The maximum Gasteiger partial charge on any atom is 0.222 e. The van der Waals surface area contributed by atoms with Gasteiger partial charge in [-0.3, -0.25) is 19.3 Å². The van der Waals surface area contributed by atoms with Crippen molar-refractivity contribution in [2.75, 3.05) is 13.1 Å². The third-order valence-electron chi connectivity index (χ3n) is 4.31. The molecular formula is C17H21N5O2. The number of rotatable bonds is 6. The van der Waals surface area contributed by atoms with Gasteiger partial charge in [-0.15, -0.1) is 0 Å². The second-order valence-electron chi connectivity index (χ2n) is 6.02. The van der Waals surface area contributed by atoms with E-state index >= 15 is 0 Å². The van der Waals surface area contributed by atoms with E-state index < -0.39 is 0 Å². The van der Waals surface area contributed by atoms with Crippen molar-refractivity contribution in [2.45, 2.75) is 32.2 Å². The number of ketones is 1. The maximum atomic E-state index is 12.5. The van der Waals surface area contributed by atoms with Gasteiger partial charge in [0.1, 0.15) is 18.3 Å². The quantitative estimate of drug-likeness (QED) is 0.752. The van der Waals surface area contributed by atoms with Crippen LogP contribution in [-0.2, 0) is 11.3 Å². The van der Waals surface area contributed by atoms with Crippen LogP contribution < -0.4 is 0 Å². The molecule has 7 nitrogen and oxygen atoms in total. The first-order valence-corrected chi connectivity index (χ1v) is 8.29. The average Bonchev–Trinajstić information content (AvgIpc) is 3.15. The number of hydrogen-bond donors (Lipinski definition) is 0. The van der Waals surface area contributed by atoms with Gasteiger partial charge in [-0.25, -0.2) is 4.98 Å². The molecule has 1 fully saturated rings. The minimum absolute atomic E-state index is 0.0377.